The van der Waals surface area contributed by atoms with Gasteiger partial charge in [-0.25, -0.2) is 4.90 Å². The molecule has 8 heteroatoms. The van der Waals surface area contributed by atoms with Crippen LogP contribution in [0, 0.1) is 39.9 Å². The molecule has 2 unspecified atom stereocenters. The van der Waals surface area contributed by atoms with Gasteiger partial charge in [0.1, 0.15) is 5.75 Å². The Labute approximate surface area is 212 Å². The zero-order valence-corrected chi connectivity index (χ0v) is 19.6. The molecule has 182 valence electrons. The van der Waals surface area contributed by atoms with Crippen molar-refractivity contribution in [3.63, 3.8) is 0 Å². The van der Waals surface area contributed by atoms with Crippen molar-refractivity contribution in [1.29, 1.82) is 10.5 Å². The molecule has 3 saturated heterocycles. The summed E-state index contributed by atoms with van der Waals surface area (Å²) in [6.45, 7) is 0.230. The summed E-state index contributed by atoms with van der Waals surface area (Å²) in [7, 11) is 0. The van der Waals surface area contributed by atoms with Crippen molar-refractivity contribution in [2.75, 3.05) is 11.5 Å². The van der Waals surface area contributed by atoms with Crippen molar-refractivity contribution in [1.82, 2.24) is 0 Å². The van der Waals surface area contributed by atoms with E-state index in [-0.39, 0.29) is 30.8 Å². The molecule has 0 radical (unpaired) electrons. The summed E-state index contributed by atoms with van der Waals surface area (Å²) in [5.41, 5.74) is -0.542. The van der Waals surface area contributed by atoms with Crippen LogP contribution in [0.25, 0.3) is 10.8 Å². The van der Waals surface area contributed by atoms with E-state index in [1.807, 2.05) is 24.3 Å². The topological polar surface area (TPSA) is 124 Å². The maximum Gasteiger partial charge on any atom is 0.244 e. The van der Waals surface area contributed by atoms with E-state index >= 15 is 0 Å². The number of nitriles is 2. The predicted octanol–water partition coefficient (Wildman–Crippen LogP) is 3.06. The lowest BCUT2D eigenvalue weighted by Crippen LogP contribution is -2.49. The Balaban J connectivity index is 1.22. The van der Waals surface area contributed by atoms with Gasteiger partial charge in [-0.15, -0.1) is 0 Å². The maximum absolute atomic E-state index is 14.2. The largest absolute Gasteiger partial charge is 0.493 e. The average Bonchev–Trinajstić information content (AvgIpc) is 3.32. The van der Waals surface area contributed by atoms with Gasteiger partial charge in [-0.3, -0.25) is 9.59 Å². The summed E-state index contributed by atoms with van der Waals surface area (Å²) in [6, 6.07) is 21.6. The molecule has 1 saturated carbocycles. The highest BCUT2D eigenvalue weighted by Gasteiger charge is 2.94. The number of anilines is 1. The second kappa shape index (κ2) is 7.39. The van der Waals surface area contributed by atoms with E-state index in [1.54, 1.807) is 36.4 Å². The zero-order valence-electron chi connectivity index (χ0n) is 19.6. The number of aliphatic hydroxyl groups excluding tert-OH is 1. The van der Waals surface area contributed by atoms with Crippen LogP contribution in [0.15, 0.2) is 60.7 Å². The number of hydrogen-bond acceptors (Lipinski definition) is 7. The number of nitrogens with zero attached hydrogens (tertiary/aromatic N) is 3. The van der Waals surface area contributed by atoms with Gasteiger partial charge in [-0.2, -0.15) is 10.5 Å². The third-order valence-electron chi connectivity index (χ3n) is 8.72. The number of piperidine rings is 1. The number of aliphatic hydroxyl groups is 1. The van der Waals surface area contributed by atoms with Crippen LogP contribution in [0.1, 0.15) is 24.0 Å². The zero-order chi connectivity index (χ0) is 25.5. The minimum absolute atomic E-state index is 0.230. The van der Waals surface area contributed by atoms with Gasteiger partial charge in [-0.1, -0.05) is 24.3 Å². The number of hydrogen-bond donors (Lipinski definition) is 1. The van der Waals surface area contributed by atoms with Crippen LogP contribution in [0.2, 0.25) is 0 Å². The number of amides is 2. The standard InChI is InChI=1S/C29H21N3O5/c30-14-16-5-8-18(9-6-16)36-12-11-28-13-22(33)25(37-28)23-24-26(34)32(27(35)29(23,24)28)21-10-7-17(15-31)19-3-1-2-4-20(19)21/h1-10,22-25,33H,11-13H2/t22-,23-,24+,25?,28?,29+/m0/s1. The number of ether oxygens (including phenoxy) is 2. The first-order chi connectivity index (χ1) is 18.0. The minimum Gasteiger partial charge on any atom is -0.493 e. The second-order valence-electron chi connectivity index (χ2n) is 10.2. The number of fused-ring (bicyclic) bond motifs is 5. The molecule has 3 heterocycles. The number of benzene rings is 3. The van der Waals surface area contributed by atoms with Crippen molar-refractivity contribution in [3.8, 4) is 17.9 Å². The molecule has 7 rings (SSSR count). The van der Waals surface area contributed by atoms with Crippen LogP contribution in [0.3, 0.4) is 0 Å². The Kier molecular flexibility index (Phi) is 4.39. The fourth-order valence-electron chi connectivity index (χ4n) is 7.24. The SMILES string of the molecule is N#Cc1ccc(OCCC23C[C@H](O)C(O2)[C@@H]2[C@@H]4C(=O)N(c5ccc(C#N)c6ccccc56)C(=O)[C@@]243)cc1. The Hall–Kier alpha value is -4.24. The van der Waals surface area contributed by atoms with Crippen molar-refractivity contribution in [3.05, 3.63) is 71.8 Å². The molecule has 1 spiro atoms. The summed E-state index contributed by atoms with van der Waals surface area (Å²) in [5.74, 6) is -0.864. The summed E-state index contributed by atoms with van der Waals surface area (Å²) in [5, 5.41) is 30.6. The molecule has 3 aromatic rings. The molecule has 4 fully saturated rings. The normalized spacial score (nSPS) is 32.7. The van der Waals surface area contributed by atoms with Gasteiger partial charge in [0, 0.05) is 29.5 Å². The first-order valence-corrected chi connectivity index (χ1v) is 12.3. The molecule has 2 bridgehead atoms. The number of imide groups is 1. The third kappa shape index (κ3) is 2.61. The Morgan fingerprint density at radius 2 is 1.78 bits per heavy atom. The van der Waals surface area contributed by atoms with Crippen molar-refractivity contribution >= 4 is 28.3 Å². The molecule has 4 aliphatic rings. The van der Waals surface area contributed by atoms with E-state index in [0.29, 0.717) is 39.8 Å². The van der Waals surface area contributed by atoms with E-state index in [1.165, 1.54) is 4.90 Å². The van der Waals surface area contributed by atoms with E-state index in [4.69, 9.17) is 14.7 Å². The summed E-state index contributed by atoms with van der Waals surface area (Å²) in [4.78, 5) is 29.2. The average molecular weight is 492 g/mol. The van der Waals surface area contributed by atoms with Crippen LogP contribution in [-0.4, -0.2) is 41.3 Å². The van der Waals surface area contributed by atoms with Crippen LogP contribution >= 0.6 is 0 Å². The van der Waals surface area contributed by atoms with Gasteiger partial charge >= 0.3 is 0 Å². The Morgan fingerprint density at radius 1 is 1.03 bits per heavy atom. The molecule has 37 heavy (non-hydrogen) atoms. The lowest BCUT2D eigenvalue weighted by molar-refractivity contribution is -0.132. The van der Waals surface area contributed by atoms with Crippen LogP contribution < -0.4 is 9.64 Å². The van der Waals surface area contributed by atoms with Crippen molar-refractivity contribution < 1.29 is 24.2 Å². The van der Waals surface area contributed by atoms with Gasteiger partial charge in [0.25, 0.3) is 0 Å². The molecule has 0 aromatic heterocycles. The Morgan fingerprint density at radius 3 is 2.51 bits per heavy atom. The molecule has 3 aromatic carbocycles. The molecule has 8 nitrogen and oxygen atoms in total. The van der Waals surface area contributed by atoms with E-state index in [0.717, 1.165) is 0 Å². The Bertz CT molecular complexity index is 1580. The quantitative estimate of drug-likeness (QED) is 0.544. The van der Waals surface area contributed by atoms with E-state index in [9.17, 15) is 20.0 Å². The van der Waals surface area contributed by atoms with Gasteiger partial charge < -0.3 is 14.6 Å². The second-order valence-corrected chi connectivity index (χ2v) is 10.2. The molecule has 1 aliphatic carbocycles. The fraction of sp³-hybridized carbons (Fsp3) is 0.310. The minimum atomic E-state index is -1.02. The van der Waals surface area contributed by atoms with E-state index < -0.39 is 29.1 Å². The van der Waals surface area contributed by atoms with Gasteiger partial charge in [0.15, 0.2) is 0 Å². The molecular weight excluding hydrogens is 470 g/mol. The number of rotatable bonds is 5. The van der Waals surface area contributed by atoms with Gasteiger partial charge in [0.2, 0.25) is 11.8 Å². The summed E-state index contributed by atoms with van der Waals surface area (Å²) < 4.78 is 12.2. The predicted molar refractivity (Wildman–Crippen MR) is 130 cm³/mol. The fourth-order valence-corrected chi connectivity index (χ4v) is 7.24. The smallest absolute Gasteiger partial charge is 0.244 e. The van der Waals surface area contributed by atoms with Gasteiger partial charge in [0.05, 0.1) is 64.7 Å². The van der Waals surface area contributed by atoms with Gasteiger partial charge in [-0.05, 0) is 36.4 Å². The monoisotopic (exact) mass is 491 g/mol. The lowest BCUT2D eigenvalue weighted by Gasteiger charge is -2.34. The molecule has 2 amide bonds. The number of carbonyl (C=O) groups is 2. The molecule has 3 aliphatic heterocycles. The molecule has 1 N–H and O–H groups in total. The van der Waals surface area contributed by atoms with Crippen molar-refractivity contribution in [2.45, 2.75) is 30.7 Å². The highest BCUT2D eigenvalue weighted by Crippen LogP contribution is 2.81. The number of carbonyl (C=O) groups excluding carboxylic acids is 2. The van der Waals surface area contributed by atoms with Crippen LogP contribution in [-0.2, 0) is 14.3 Å². The van der Waals surface area contributed by atoms with Crippen LogP contribution in [0.4, 0.5) is 5.69 Å². The molecular formula is C29H21N3O5. The van der Waals surface area contributed by atoms with Crippen molar-refractivity contribution in [2.24, 2.45) is 17.3 Å². The maximum atomic E-state index is 14.2. The van der Waals surface area contributed by atoms with Crippen LogP contribution in [0.5, 0.6) is 5.75 Å². The highest BCUT2D eigenvalue weighted by molar-refractivity contribution is 6.30. The lowest BCUT2D eigenvalue weighted by atomic mass is 9.73. The summed E-state index contributed by atoms with van der Waals surface area (Å²) >= 11 is 0. The third-order valence-corrected chi connectivity index (χ3v) is 8.72. The summed E-state index contributed by atoms with van der Waals surface area (Å²) in [6.07, 6.45) is -0.676. The first kappa shape index (κ1) is 22.0. The molecule has 6 atom stereocenters. The first-order valence-electron chi connectivity index (χ1n) is 12.3. The highest BCUT2D eigenvalue weighted by atomic mass is 16.6. The van der Waals surface area contributed by atoms with E-state index in [2.05, 4.69) is 12.1 Å².